The fraction of sp³-hybridized carbons (Fsp3) is 0.300. The lowest BCUT2D eigenvalue weighted by Crippen LogP contribution is -2.30. The van der Waals surface area contributed by atoms with Gasteiger partial charge in [0.2, 0.25) is 0 Å². The van der Waals surface area contributed by atoms with Crippen molar-refractivity contribution in [1.82, 2.24) is 5.32 Å². The van der Waals surface area contributed by atoms with Crippen molar-refractivity contribution in [3.8, 4) is 5.75 Å². The van der Waals surface area contributed by atoms with Crippen molar-refractivity contribution in [2.24, 2.45) is 0 Å². The van der Waals surface area contributed by atoms with Crippen LogP contribution in [0.25, 0.3) is 0 Å². The summed E-state index contributed by atoms with van der Waals surface area (Å²) in [5, 5.41) is 5.57. The van der Waals surface area contributed by atoms with Crippen LogP contribution in [0.15, 0.2) is 42.5 Å². The summed E-state index contributed by atoms with van der Waals surface area (Å²) in [7, 11) is 0. The molecule has 0 aliphatic carbocycles. The minimum atomic E-state index is -0.252. The third-order valence-electron chi connectivity index (χ3n) is 3.70. The average Bonchev–Trinajstić information content (AvgIpc) is 2.56. The van der Waals surface area contributed by atoms with Crippen molar-refractivity contribution in [3.05, 3.63) is 59.2 Å². The van der Waals surface area contributed by atoms with Crippen molar-refractivity contribution in [1.29, 1.82) is 0 Å². The number of amides is 2. The Hall–Kier alpha value is -2.82. The first-order chi connectivity index (χ1) is 11.8. The smallest absolute Gasteiger partial charge is 0.262 e. The zero-order valence-electron chi connectivity index (χ0n) is 15.1. The highest BCUT2D eigenvalue weighted by molar-refractivity contribution is 5.96. The fourth-order valence-electron chi connectivity index (χ4n) is 2.20. The molecule has 0 atom stereocenters. The van der Waals surface area contributed by atoms with Crippen LogP contribution in [-0.4, -0.2) is 24.5 Å². The van der Waals surface area contributed by atoms with Crippen LogP contribution in [0.1, 0.15) is 35.3 Å². The van der Waals surface area contributed by atoms with Crippen molar-refractivity contribution in [2.45, 2.75) is 33.7 Å². The summed E-state index contributed by atoms with van der Waals surface area (Å²) in [5.41, 5.74) is 3.47. The third kappa shape index (κ3) is 5.64. The van der Waals surface area contributed by atoms with E-state index in [2.05, 4.69) is 10.6 Å². The Morgan fingerprint density at radius 1 is 1.00 bits per heavy atom. The summed E-state index contributed by atoms with van der Waals surface area (Å²) in [4.78, 5) is 23.9. The van der Waals surface area contributed by atoms with Crippen LogP contribution in [0.5, 0.6) is 5.75 Å². The molecular weight excluding hydrogens is 316 g/mol. The number of carbonyl (C=O) groups excluding carboxylic acids is 2. The molecule has 0 unspecified atom stereocenters. The second-order valence-corrected chi connectivity index (χ2v) is 6.29. The Morgan fingerprint density at radius 3 is 2.28 bits per heavy atom. The van der Waals surface area contributed by atoms with Crippen LogP contribution in [0, 0.1) is 13.8 Å². The number of rotatable bonds is 6. The Labute approximate surface area is 148 Å². The monoisotopic (exact) mass is 340 g/mol. The van der Waals surface area contributed by atoms with E-state index in [-0.39, 0.29) is 24.5 Å². The summed E-state index contributed by atoms with van der Waals surface area (Å²) < 4.78 is 5.51. The van der Waals surface area contributed by atoms with Gasteiger partial charge in [-0.15, -0.1) is 0 Å². The molecule has 2 aromatic rings. The first kappa shape index (κ1) is 18.5. The van der Waals surface area contributed by atoms with Gasteiger partial charge in [0.25, 0.3) is 11.8 Å². The lowest BCUT2D eigenvalue weighted by atomic mass is 10.1. The van der Waals surface area contributed by atoms with Gasteiger partial charge >= 0.3 is 0 Å². The number of nitrogens with one attached hydrogen (secondary N) is 2. The van der Waals surface area contributed by atoms with Gasteiger partial charge in [-0.1, -0.05) is 6.07 Å². The molecule has 2 N–H and O–H groups in total. The molecule has 0 bridgehead atoms. The molecule has 0 spiro atoms. The van der Waals surface area contributed by atoms with Gasteiger partial charge in [0.15, 0.2) is 6.61 Å². The van der Waals surface area contributed by atoms with Crippen LogP contribution in [0.4, 0.5) is 5.69 Å². The molecule has 0 saturated heterocycles. The molecule has 2 aromatic carbocycles. The number of hydrogen-bond donors (Lipinski definition) is 2. The van der Waals surface area contributed by atoms with Crippen LogP contribution < -0.4 is 15.4 Å². The summed E-state index contributed by atoms with van der Waals surface area (Å²) in [6.07, 6.45) is 0. The van der Waals surface area contributed by atoms with E-state index in [0.29, 0.717) is 17.0 Å². The second-order valence-electron chi connectivity index (χ2n) is 6.29. The largest absolute Gasteiger partial charge is 0.484 e. The van der Waals surface area contributed by atoms with Crippen molar-refractivity contribution < 1.29 is 14.3 Å². The van der Waals surface area contributed by atoms with E-state index in [1.807, 2.05) is 45.9 Å². The topological polar surface area (TPSA) is 67.4 Å². The number of ether oxygens (including phenoxy) is 1. The number of anilines is 1. The number of aryl methyl sites for hydroxylation is 2. The molecule has 2 rings (SSSR count). The Bertz CT molecular complexity index is 752. The van der Waals surface area contributed by atoms with Gasteiger partial charge in [-0.3, -0.25) is 9.59 Å². The molecule has 132 valence electrons. The first-order valence-electron chi connectivity index (χ1n) is 8.26. The minimum absolute atomic E-state index is 0.0713. The third-order valence-corrected chi connectivity index (χ3v) is 3.70. The summed E-state index contributed by atoms with van der Waals surface area (Å²) in [6, 6.07) is 12.5. The van der Waals surface area contributed by atoms with Crippen molar-refractivity contribution in [3.63, 3.8) is 0 Å². The summed E-state index contributed by atoms with van der Waals surface area (Å²) >= 11 is 0. The lowest BCUT2D eigenvalue weighted by Gasteiger charge is -2.10. The predicted molar refractivity (Wildman–Crippen MR) is 99.1 cm³/mol. The first-order valence-corrected chi connectivity index (χ1v) is 8.26. The minimum Gasteiger partial charge on any atom is -0.484 e. The van der Waals surface area contributed by atoms with Gasteiger partial charge in [0.05, 0.1) is 0 Å². The Morgan fingerprint density at radius 2 is 1.68 bits per heavy atom. The van der Waals surface area contributed by atoms with E-state index in [1.54, 1.807) is 24.3 Å². The summed E-state index contributed by atoms with van der Waals surface area (Å²) in [6.45, 7) is 7.76. The number of benzene rings is 2. The SMILES string of the molecule is Cc1ccc(OCC(=O)Nc2ccc(C(=O)NC(C)C)cc2)cc1C. The molecule has 25 heavy (non-hydrogen) atoms. The molecule has 0 fully saturated rings. The molecule has 0 aliphatic rings. The maximum Gasteiger partial charge on any atom is 0.262 e. The molecule has 0 aliphatic heterocycles. The lowest BCUT2D eigenvalue weighted by molar-refractivity contribution is -0.118. The van der Waals surface area contributed by atoms with Crippen LogP contribution in [-0.2, 0) is 4.79 Å². The van der Waals surface area contributed by atoms with Crippen LogP contribution >= 0.6 is 0 Å². The van der Waals surface area contributed by atoms with E-state index in [9.17, 15) is 9.59 Å². The molecule has 0 saturated carbocycles. The van der Waals surface area contributed by atoms with Gasteiger partial charge in [-0.2, -0.15) is 0 Å². The van der Waals surface area contributed by atoms with E-state index in [1.165, 1.54) is 5.56 Å². The predicted octanol–water partition coefficient (Wildman–Crippen LogP) is 3.46. The highest BCUT2D eigenvalue weighted by Crippen LogP contribution is 2.16. The van der Waals surface area contributed by atoms with Crippen LogP contribution in [0.2, 0.25) is 0 Å². The van der Waals surface area contributed by atoms with Gasteiger partial charge in [0, 0.05) is 17.3 Å². The van der Waals surface area contributed by atoms with E-state index >= 15 is 0 Å². The highest BCUT2D eigenvalue weighted by Gasteiger charge is 2.08. The van der Waals surface area contributed by atoms with Crippen molar-refractivity contribution in [2.75, 3.05) is 11.9 Å². The van der Waals surface area contributed by atoms with Crippen molar-refractivity contribution >= 4 is 17.5 Å². The normalized spacial score (nSPS) is 10.4. The van der Waals surface area contributed by atoms with Crippen LogP contribution in [0.3, 0.4) is 0 Å². The zero-order valence-corrected chi connectivity index (χ0v) is 15.1. The molecule has 0 radical (unpaired) electrons. The van der Waals surface area contributed by atoms with E-state index < -0.39 is 0 Å². The molecular formula is C20H24N2O3. The highest BCUT2D eigenvalue weighted by atomic mass is 16.5. The molecule has 0 aromatic heterocycles. The maximum atomic E-state index is 12.0. The Balaban J connectivity index is 1.87. The average molecular weight is 340 g/mol. The van der Waals surface area contributed by atoms with Gasteiger partial charge in [-0.05, 0) is 75.2 Å². The van der Waals surface area contributed by atoms with Gasteiger partial charge in [-0.25, -0.2) is 0 Å². The van der Waals surface area contributed by atoms with E-state index in [0.717, 1.165) is 5.56 Å². The molecule has 0 heterocycles. The molecule has 5 heteroatoms. The fourth-order valence-corrected chi connectivity index (χ4v) is 2.20. The quantitative estimate of drug-likeness (QED) is 0.846. The number of hydrogen-bond acceptors (Lipinski definition) is 3. The molecule has 5 nitrogen and oxygen atoms in total. The standard InChI is InChI=1S/C20H24N2O3/c1-13(2)21-20(24)16-6-8-17(9-7-16)22-19(23)12-25-18-10-5-14(3)15(4)11-18/h5-11,13H,12H2,1-4H3,(H,21,24)(H,22,23). The summed E-state index contributed by atoms with van der Waals surface area (Å²) in [5.74, 6) is 0.280. The number of carbonyl (C=O) groups is 2. The zero-order chi connectivity index (χ0) is 18.4. The maximum absolute atomic E-state index is 12.0. The molecule has 2 amide bonds. The van der Waals surface area contributed by atoms with Gasteiger partial charge in [0.1, 0.15) is 5.75 Å². The van der Waals surface area contributed by atoms with Gasteiger partial charge < -0.3 is 15.4 Å². The second kappa shape index (κ2) is 8.33. The van der Waals surface area contributed by atoms with E-state index in [4.69, 9.17) is 4.74 Å². The Kier molecular flexibility index (Phi) is 6.17.